The first-order valence-electron chi connectivity index (χ1n) is 7.67. The Morgan fingerprint density at radius 1 is 1.08 bits per heavy atom. The van der Waals surface area contributed by atoms with Crippen LogP contribution in [0.3, 0.4) is 0 Å². The van der Waals surface area contributed by atoms with Crippen molar-refractivity contribution in [3.63, 3.8) is 0 Å². The van der Waals surface area contributed by atoms with Crippen molar-refractivity contribution in [3.8, 4) is 0 Å². The Balaban J connectivity index is 2.41. The van der Waals surface area contributed by atoms with E-state index in [-0.39, 0.29) is 19.0 Å². The van der Waals surface area contributed by atoms with Gasteiger partial charge in [-0.25, -0.2) is 4.79 Å². The van der Waals surface area contributed by atoms with Crippen LogP contribution in [0.25, 0.3) is 0 Å². The smallest absolute Gasteiger partial charge is 0.329 e. The molecule has 0 aliphatic heterocycles. The van der Waals surface area contributed by atoms with Gasteiger partial charge < -0.3 is 10.6 Å². The number of anilines is 1. The van der Waals surface area contributed by atoms with Gasteiger partial charge in [0, 0.05) is 5.69 Å². The molecule has 1 aromatic rings. The van der Waals surface area contributed by atoms with Crippen molar-refractivity contribution in [1.82, 2.24) is 15.5 Å². The lowest BCUT2D eigenvalue weighted by molar-refractivity contribution is -0.125. The fourth-order valence-electron chi connectivity index (χ4n) is 2.01. The minimum atomic E-state index is -4.57. The zero-order chi connectivity index (χ0) is 19.9. The van der Waals surface area contributed by atoms with Gasteiger partial charge in [0.05, 0.1) is 13.1 Å². The number of benzene rings is 1. The standard InChI is InChI=1S/C16H21F3N4O3/c1-10-5-4-6-12(11(10)2)21-13(24)7-23(3)8-14(25)22-15(26)20-9-16(17,18)19/h4-6H,7-9H2,1-3H3,(H,21,24)(H2,20,22,25,26). The van der Waals surface area contributed by atoms with Crippen molar-refractivity contribution in [2.75, 3.05) is 32.0 Å². The van der Waals surface area contributed by atoms with E-state index in [9.17, 15) is 27.6 Å². The summed E-state index contributed by atoms with van der Waals surface area (Å²) >= 11 is 0. The molecule has 0 fully saturated rings. The van der Waals surface area contributed by atoms with Crippen LogP contribution < -0.4 is 16.0 Å². The van der Waals surface area contributed by atoms with E-state index >= 15 is 0 Å². The van der Waals surface area contributed by atoms with Gasteiger partial charge in [0.2, 0.25) is 11.8 Å². The molecule has 7 nitrogen and oxygen atoms in total. The molecule has 0 spiro atoms. The van der Waals surface area contributed by atoms with Crippen LogP contribution in [0.1, 0.15) is 11.1 Å². The van der Waals surface area contributed by atoms with Crippen LogP contribution in [0.15, 0.2) is 18.2 Å². The third-order valence-electron chi connectivity index (χ3n) is 3.41. The number of alkyl halides is 3. The second kappa shape index (κ2) is 9.18. The van der Waals surface area contributed by atoms with E-state index in [1.807, 2.05) is 19.9 Å². The number of nitrogens with one attached hydrogen (secondary N) is 3. The number of rotatable bonds is 6. The van der Waals surface area contributed by atoms with Crippen LogP contribution in [0, 0.1) is 13.8 Å². The first-order chi connectivity index (χ1) is 12.0. The molecular weight excluding hydrogens is 353 g/mol. The zero-order valence-corrected chi connectivity index (χ0v) is 14.7. The van der Waals surface area contributed by atoms with Gasteiger partial charge in [-0.3, -0.25) is 19.8 Å². The van der Waals surface area contributed by atoms with Crippen LogP contribution in [0.5, 0.6) is 0 Å². The SMILES string of the molecule is Cc1cccc(NC(=O)CN(C)CC(=O)NC(=O)NCC(F)(F)F)c1C. The van der Waals surface area contributed by atoms with E-state index in [2.05, 4.69) is 5.32 Å². The van der Waals surface area contributed by atoms with Crippen LogP contribution in [-0.2, 0) is 9.59 Å². The summed E-state index contributed by atoms with van der Waals surface area (Å²) in [4.78, 5) is 36.1. The molecule has 0 saturated carbocycles. The molecule has 0 atom stereocenters. The van der Waals surface area contributed by atoms with Gasteiger partial charge in [-0.1, -0.05) is 12.1 Å². The fourth-order valence-corrected chi connectivity index (χ4v) is 2.01. The summed E-state index contributed by atoms with van der Waals surface area (Å²) in [5, 5.41) is 5.99. The number of imide groups is 1. The van der Waals surface area contributed by atoms with Gasteiger partial charge in [0.25, 0.3) is 0 Å². The van der Waals surface area contributed by atoms with Gasteiger partial charge in [-0.15, -0.1) is 0 Å². The lowest BCUT2D eigenvalue weighted by atomic mass is 10.1. The van der Waals surface area contributed by atoms with E-state index in [0.29, 0.717) is 5.69 Å². The molecule has 0 unspecified atom stereocenters. The van der Waals surface area contributed by atoms with Gasteiger partial charge >= 0.3 is 12.2 Å². The molecule has 0 bridgehead atoms. The molecule has 1 rings (SSSR count). The molecule has 0 aromatic heterocycles. The molecule has 0 radical (unpaired) electrons. The largest absolute Gasteiger partial charge is 0.405 e. The predicted molar refractivity (Wildman–Crippen MR) is 89.6 cm³/mol. The molecule has 3 N–H and O–H groups in total. The molecule has 0 aliphatic carbocycles. The molecule has 0 saturated heterocycles. The lowest BCUT2D eigenvalue weighted by Gasteiger charge is -2.17. The maximum atomic E-state index is 12.0. The minimum absolute atomic E-state index is 0.134. The van der Waals surface area contributed by atoms with Crippen LogP contribution in [0.2, 0.25) is 0 Å². The van der Waals surface area contributed by atoms with Gasteiger partial charge in [-0.05, 0) is 38.1 Å². The van der Waals surface area contributed by atoms with Crippen molar-refractivity contribution in [2.24, 2.45) is 0 Å². The average molecular weight is 374 g/mol. The second-order valence-corrected chi connectivity index (χ2v) is 5.81. The number of aryl methyl sites for hydroxylation is 1. The lowest BCUT2D eigenvalue weighted by Crippen LogP contribution is -2.47. The molecule has 1 aromatic carbocycles. The molecule has 4 amide bonds. The Morgan fingerprint density at radius 3 is 2.31 bits per heavy atom. The average Bonchev–Trinajstić information content (AvgIpc) is 2.48. The molecule has 10 heteroatoms. The van der Waals surface area contributed by atoms with Crippen LogP contribution >= 0.6 is 0 Å². The van der Waals surface area contributed by atoms with Crippen molar-refractivity contribution < 1.29 is 27.6 Å². The third kappa shape index (κ3) is 7.97. The molecule has 0 heterocycles. The third-order valence-corrected chi connectivity index (χ3v) is 3.41. The first kappa shape index (κ1) is 21.4. The van der Waals surface area contributed by atoms with E-state index in [1.54, 1.807) is 17.4 Å². The van der Waals surface area contributed by atoms with Gasteiger partial charge in [-0.2, -0.15) is 13.2 Å². The number of carbonyl (C=O) groups excluding carboxylic acids is 3. The summed E-state index contributed by atoms with van der Waals surface area (Å²) in [6.07, 6.45) is -4.57. The van der Waals surface area contributed by atoms with Crippen LogP contribution in [-0.4, -0.2) is 55.6 Å². The zero-order valence-electron chi connectivity index (χ0n) is 14.7. The number of likely N-dealkylation sites (N-methyl/N-ethyl adjacent to an activating group) is 1. The highest BCUT2D eigenvalue weighted by molar-refractivity contribution is 5.96. The van der Waals surface area contributed by atoms with Gasteiger partial charge in [0.15, 0.2) is 0 Å². The number of nitrogens with zero attached hydrogens (tertiary/aromatic N) is 1. The molecule has 0 aliphatic rings. The Bertz CT molecular complexity index is 677. The summed E-state index contributed by atoms with van der Waals surface area (Å²) in [5.41, 5.74) is 2.59. The summed E-state index contributed by atoms with van der Waals surface area (Å²) in [6.45, 7) is 1.76. The van der Waals surface area contributed by atoms with E-state index in [1.165, 1.54) is 17.3 Å². The minimum Gasteiger partial charge on any atom is -0.329 e. The van der Waals surface area contributed by atoms with Gasteiger partial charge in [0.1, 0.15) is 6.54 Å². The topological polar surface area (TPSA) is 90.5 Å². The Hall–Kier alpha value is -2.62. The molecule has 26 heavy (non-hydrogen) atoms. The molecular formula is C16H21F3N4O3. The molecule has 144 valence electrons. The summed E-state index contributed by atoms with van der Waals surface area (Å²) < 4.78 is 35.9. The van der Waals surface area contributed by atoms with Crippen LogP contribution in [0.4, 0.5) is 23.7 Å². The summed E-state index contributed by atoms with van der Waals surface area (Å²) in [5.74, 6) is -1.19. The maximum Gasteiger partial charge on any atom is 0.405 e. The number of halogens is 3. The second-order valence-electron chi connectivity index (χ2n) is 5.81. The highest BCUT2D eigenvalue weighted by atomic mass is 19.4. The van der Waals surface area contributed by atoms with E-state index in [4.69, 9.17) is 0 Å². The number of hydrogen-bond acceptors (Lipinski definition) is 4. The number of hydrogen-bond donors (Lipinski definition) is 3. The summed E-state index contributed by atoms with van der Waals surface area (Å²) in [7, 11) is 1.47. The Morgan fingerprint density at radius 2 is 1.69 bits per heavy atom. The highest BCUT2D eigenvalue weighted by Crippen LogP contribution is 2.17. The fraction of sp³-hybridized carbons (Fsp3) is 0.438. The summed E-state index contributed by atoms with van der Waals surface area (Å²) in [6, 6.07) is 4.21. The Labute approximate surface area is 148 Å². The quantitative estimate of drug-likeness (QED) is 0.705. The normalized spacial score (nSPS) is 11.2. The van der Waals surface area contributed by atoms with Crippen molar-refractivity contribution in [2.45, 2.75) is 20.0 Å². The van der Waals surface area contributed by atoms with Crippen molar-refractivity contribution >= 4 is 23.5 Å². The highest BCUT2D eigenvalue weighted by Gasteiger charge is 2.28. The Kier molecular flexibility index (Phi) is 7.56. The number of amides is 4. The number of urea groups is 1. The van der Waals surface area contributed by atoms with Crippen molar-refractivity contribution in [1.29, 1.82) is 0 Å². The maximum absolute atomic E-state index is 12.0. The van der Waals surface area contributed by atoms with Crippen molar-refractivity contribution in [3.05, 3.63) is 29.3 Å². The predicted octanol–water partition coefficient (Wildman–Crippen LogP) is 1.56. The van der Waals surface area contributed by atoms with E-state index < -0.39 is 24.7 Å². The number of carbonyl (C=O) groups is 3. The monoisotopic (exact) mass is 374 g/mol. The first-order valence-corrected chi connectivity index (χ1v) is 7.67. The van der Waals surface area contributed by atoms with E-state index in [0.717, 1.165) is 11.1 Å².